The topological polar surface area (TPSA) is 31.2 Å². The Balaban J connectivity index is 1.96. The molecule has 1 aromatic heterocycles. The van der Waals surface area contributed by atoms with E-state index in [0.29, 0.717) is 9.83 Å². The fourth-order valence-corrected chi connectivity index (χ4v) is 5.78. The number of benzene rings is 1. The lowest BCUT2D eigenvalue weighted by atomic mass is 10.1. The van der Waals surface area contributed by atoms with E-state index in [2.05, 4.69) is 24.8 Å². The minimum absolute atomic E-state index is 0.357. The molecule has 100 valence electrons. The van der Waals surface area contributed by atoms with Gasteiger partial charge in [-0.15, -0.1) is 0 Å². The van der Waals surface area contributed by atoms with Gasteiger partial charge in [-0.3, -0.25) is 4.57 Å². The number of nitrogens with zero attached hydrogens (tertiary/aromatic N) is 1. The second kappa shape index (κ2) is 5.34. The maximum absolute atomic E-state index is 11.6. The van der Waals surface area contributed by atoms with Gasteiger partial charge in [0.05, 0.1) is 17.2 Å². The zero-order valence-electron chi connectivity index (χ0n) is 10.3. The minimum Gasteiger partial charge on any atom is -0.452 e. The maximum Gasteiger partial charge on any atom is 0.418 e. The summed E-state index contributed by atoms with van der Waals surface area (Å²) in [7, 11) is 5.08. The summed E-state index contributed by atoms with van der Waals surface area (Å²) in [5, 5.41) is 1.55. The van der Waals surface area contributed by atoms with Crippen LogP contribution in [-0.2, 0) is 4.74 Å². The Hall–Kier alpha value is -0.720. The van der Waals surface area contributed by atoms with E-state index in [4.69, 9.17) is 4.74 Å². The van der Waals surface area contributed by atoms with Crippen molar-refractivity contribution in [3.63, 3.8) is 0 Å². The molecule has 2 heterocycles. The molecule has 1 aliphatic heterocycles. The quantitative estimate of drug-likeness (QED) is 0.627. The SMILES string of the molecule is COC(=O)n1ccc2cc(C3CC(S)SS3)ccc21. The van der Waals surface area contributed by atoms with Gasteiger partial charge in [0.2, 0.25) is 0 Å². The smallest absolute Gasteiger partial charge is 0.418 e. The Labute approximate surface area is 124 Å². The Morgan fingerprint density at radius 2 is 2.26 bits per heavy atom. The van der Waals surface area contributed by atoms with Gasteiger partial charge in [0.15, 0.2) is 0 Å². The maximum atomic E-state index is 11.6. The molecule has 2 aromatic rings. The van der Waals surface area contributed by atoms with Crippen LogP contribution in [0.4, 0.5) is 4.79 Å². The van der Waals surface area contributed by atoms with E-state index in [1.54, 1.807) is 6.20 Å². The lowest BCUT2D eigenvalue weighted by molar-refractivity contribution is 0.174. The monoisotopic (exact) mass is 311 g/mol. The lowest BCUT2D eigenvalue weighted by Crippen LogP contribution is -2.09. The van der Waals surface area contributed by atoms with Crippen molar-refractivity contribution in [1.82, 2.24) is 4.57 Å². The molecule has 0 aliphatic carbocycles. The number of aromatic nitrogens is 1. The number of carbonyl (C=O) groups is 1. The summed E-state index contributed by atoms with van der Waals surface area (Å²) < 4.78 is 6.69. The molecule has 2 atom stereocenters. The van der Waals surface area contributed by atoms with E-state index in [1.165, 1.54) is 17.2 Å². The molecule has 0 radical (unpaired) electrons. The number of hydrogen-bond acceptors (Lipinski definition) is 5. The van der Waals surface area contributed by atoms with Crippen molar-refractivity contribution in [3.8, 4) is 0 Å². The molecular weight excluding hydrogens is 298 g/mol. The summed E-state index contributed by atoms with van der Waals surface area (Å²) in [4.78, 5) is 11.6. The van der Waals surface area contributed by atoms with Gasteiger partial charge in [0.25, 0.3) is 0 Å². The predicted octanol–water partition coefficient (Wildman–Crippen LogP) is 4.34. The van der Waals surface area contributed by atoms with Crippen LogP contribution in [0, 0.1) is 0 Å². The Bertz CT molecular complexity index is 625. The summed E-state index contributed by atoms with van der Waals surface area (Å²) >= 11 is 4.50. The highest BCUT2D eigenvalue weighted by Gasteiger charge is 2.25. The van der Waals surface area contributed by atoms with Crippen LogP contribution in [-0.4, -0.2) is 22.4 Å². The molecule has 1 fully saturated rings. The molecule has 1 saturated heterocycles. The van der Waals surface area contributed by atoms with Gasteiger partial charge < -0.3 is 4.74 Å². The second-order valence-corrected chi connectivity index (χ2v) is 8.00. The fraction of sp³-hybridized carbons (Fsp3) is 0.308. The number of fused-ring (bicyclic) bond motifs is 1. The zero-order valence-corrected chi connectivity index (χ0v) is 12.8. The van der Waals surface area contributed by atoms with Gasteiger partial charge in [-0.1, -0.05) is 27.7 Å². The van der Waals surface area contributed by atoms with Gasteiger partial charge in [-0.05, 0) is 30.2 Å². The standard InChI is InChI=1S/C13H13NO2S3/c1-16-13(15)14-5-4-8-6-9(2-3-10(8)14)11-7-12(17)19-18-11/h2-6,11-12,17H,7H2,1H3. The largest absolute Gasteiger partial charge is 0.452 e. The number of ether oxygens (including phenoxy) is 1. The van der Waals surface area contributed by atoms with Crippen molar-refractivity contribution in [3.05, 3.63) is 36.0 Å². The van der Waals surface area contributed by atoms with Crippen LogP contribution in [0.5, 0.6) is 0 Å². The molecule has 0 saturated carbocycles. The molecule has 0 spiro atoms. The highest BCUT2D eigenvalue weighted by atomic mass is 33.1. The van der Waals surface area contributed by atoms with Crippen molar-refractivity contribution in [1.29, 1.82) is 0 Å². The molecule has 3 rings (SSSR count). The van der Waals surface area contributed by atoms with Crippen molar-refractivity contribution < 1.29 is 9.53 Å². The van der Waals surface area contributed by atoms with E-state index < -0.39 is 0 Å². The molecule has 0 bridgehead atoms. The molecule has 0 amide bonds. The highest BCUT2D eigenvalue weighted by Crippen LogP contribution is 2.53. The van der Waals surface area contributed by atoms with E-state index in [9.17, 15) is 4.79 Å². The highest BCUT2D eigenvalue weighted by molar-refractivity contribution is 8.78. The van der Waals surface area contributed by atoms with E-state index in [1.807, 2.05) is 33.7 Å². The van der Waals surface area contributed by atoms with E-state index >= 15 is 0 Å². The number of carbonyl (C=O) groups excluding carboxylic acids is 1. The Morgan fingerprint density at radius 1 is 1.42 bits per heavy atom. The van der Waals surface area contributed by atoms with Gasteiger partial charge in [0, 0.05) is 16.8 Å². The summed E-state index contributed by atoms with van der Waals surface area (Å²) in [5.41, 5.74) is 2.18. The van der Waals surface area contributed by atoms with Crippen LogP contribution < -0.4 is 0 Å². The molecule has 3 nitrogen and oxygen atoms in total. The first-order chi connectivity index (χ1) is 9.19. The molecule has 19 heavy (non-hydrogen) atoms. The third kappa shape index (κ3) is 2.49. The van der Waals surface area contributed by atoms with Crippen molar-refractivity contribution >= 4 is 51.2 Å². The van der Waals surface area contributed by atoms with Crippen LogP contribution in [0.25, 0.3) is 10.9 Å². The van der Waals surface area contributed by atoms with Crippen LogP contribution in [0.3, 0.4) is 0 Å². The molecule has 2 unspecified atom stereocenters. The van der Waals surface area contributed by atoms with Crippen LogP contribution in [0.15, 0.2) is 30.5 Å². The average molecular weight is 311 g/mol. The van der Waals surface area contributed by atoms with E-state index in [-0.39, 0.29) is 6.09 Å². The summed E-state index contributed by atoms with van der Waals surface area (Å²) in [6.45, 7) is 0. The normalized spacial score (nSPS) is 22.8. The predicted molar refractivity (Wildman–Crippen MR) is 85.1 cm³/mol. The molecule has 6 heteroatoms. The molecular formula is C13H13NO2S3. The minimum atomic E-state index is -0.357. The Kier molecular flexibility index (Phi) is 3.73. The number of rotatable bonds is 1. The molecule has 0 N–H and O–H groups in total. The van der Waals surface area contributed by atoms with Gasteiger partial charge in [-0.2, -0.15) is 12.6 Å². The zero-order chi connectivity index (χ0) is 13.4. The van der Waals surface area contributed by atoms with Gasteiger partial charge in [-0.25, -0.2) is 4.79 Å². The molecule has 1 aromatic carbocycles. The molecule has 1 aliphatic rings. The summed E-state index contributed by atoms with van der Waals surface area (Å²) in [5.74, 6) is 0. The second-order valence-electron chi connectivity index (χ2n) is 4.35. The van der Waals surface area contributed by atoms with Crippen LogP contribution in [0.1, 0.15) is 17.2 Å². The van der Waals surface area contributed by atoms with Crippen molar-refractivity contribution in [2.75, 3.05) is 7.11 Å². The van der Waals surface area contributed by atoms with Crippen molar-refractivity contribution in [2.24, 2.45) is 0 Å². The van der Waals surface area contributed by atoms with Crippen molar-refractivity contribution in [2.45, 2.75) is 16.3 Å². The van der Waals surface area contributed by atoms with Gasteiger partial charge >= 0.3 is 6.09 Å². The first kappa shape index (κ1) is 13.3. The fourth-order valence-electron chi connectivity index (χ4n) is 2.20. The van der Waals surface area contributed by atoms with E-state index in [0.717, 1.165) is 17.3 Å². The first-order valence-electron chi connectivity index (χ1n) is 5.88. The number of thiol groups is 1. The van der Waals surface area contributed by atoms with Crippen LogP contribution >= 0.6 is 34.2 Å². The lowest BCUT2D eigenvalue weighted by Gasteiger charge is -2.09. The third-order valence-corrected chi connectivity index (χ3v) is 7.06. The summed E-state index contributed by atoms with van der Waals surface area (Å²) in [6.07, 6.45) is 2.46. The number of methoxy groups -OCH3 is 1. The van der Waals surface area contributed by atoms with Gasteiger partial charge in [0.1, 0.15) is 0 Å². The number of hydrogen-bond donors (Lipinski definition) is 1. The third-order valence-electron chi connectivity index (χ3n) is 3.16. The average Bonchev–Trinajstić information content (AvgIpc) is 3.03. The Morgan fingerprint density at radius 3 is 2.95 bits per heavy atom. The summed E-state index contributed by atoms with van der Waals surface area (Å²) in [6, 6.07) is 8.17. The van der Waals surface area contributed by atoms with Crippen LogP contribution in [0.2, 0.25) is 0 Å². The first-order valence-corrected chi connectivity index (χ1v) is 8.68.